The molecule has 1 fully saturated rings. The first-order valence-corrected chi connectivity index (χ1v) is 6.05. The number of hydrogen-bond donors (Lipinski definition) is 1. The second-order valence-electron chi connectivity index (χ2n) is 4.61. The van der Waals surface area contributed by atoms with Crippen molar-refractivity contribution in [2.75, 3.05) is 13.1 Å². The van der Waals surface area contributed by atoms with E-state index in [1.807, 2.05) is 6.92 Å². The third kappa shape index (κ3) is 4.31. The molecule has 1 rings (SSSR count). The number of likely N-dealkylation sites (tertiary alicyclic amines) is 1. The molecule has 0 amide bonds. The van der Waals surface area contributed by atoms with E-state index < -0.39 is 0 Å². The van der Waals surface area contributed by atoms with Crippen LogP contribution < -0.4 is 0 Å². The summed E-state index contributed by atoms with van der Waals surface area (Å²) in [5.41, 5.74) is 0. The number of ketones is 1. The van der Waals surface area contributed by atoms with Crippen LogP contribution in [0.2, 0.25) is 0 Å². The first-order valence-electron chi connectivity index (χ1n) is 6.05. The summed E-state index contributed by atoms with van der Waals surface area (Å²) in [7, 11) is 0. The molecule has 0 bridgehead atoms. The molecule has 3 heteroatoms. The minimum absolute atomic E-state index is 0.238. The van der Waals surface area contributed by atoms with E-state index in [0.717, 1.165) is 25.9 Å². The zero-order valence-corrected chi connectivity index (χ0v) is 9.91. The number of rotatable bonds is 5. The molecule has 1 saturated heterocycles. The fourth-order valence-electron chi connectivity index (χ4n) is 2.26. The molecule has 1 N–H and O–H groups in total. The van der Waals surface area contributed by atoms with E-state index in [4.69, 9.17) is 0 Å². The van der Waals surface area contributed by atoms with E-state index in [0.29, 0.717) is 12.5 Å². The van der Waals surface area contributed by atoms with Crippen molar-refractivity contribution in [2.24, 2.45) is 0 Å². The average Bonchev–Trinajstić information content (AvgIpc) is 2.20. The van der Waals surface area contributed by atoms with E-state index in [1.165, 1.54) is 12.8 Å². The van der Waals surface area contributed by atoms with Gasteiger partial charge in [0.15, 0.2) is 0 Å². The minimum Gasteiger partial charge on any atom is -0.392 e. The lowest BCUT2D eigenvalue weighted by Crippen LogP contribution is -2.44. The Kier molecular flexibility index (Phi) is 5.26. The van der Waals surface area contributed by atoms with Crippen LogP contribution in [0.3, 0.4) is 0 Å². The molecule has 88 valence electrons. The summed E-state index contributed by atoms with van der Waals surface area (Å²) < 4.78 is 0. The predicted molar refractivity (Wildman–Crippen MR) is 60.8 cm³/mol. The first kappa shape index (κ1) is 12.7. The molecule has 0 radical (unpaired) electrons. The van der Waals surface area contributed by atoms with E-state index in [9.17, 15) is 9.90 Å². The molecule has 0 aliphatic carbocycles. The molecule has 2 unspecified atom stereocenters. The molecule has 0 aromatic rings. The lowest BCUT2D eigenvalue weighted by atomic mass is 9.97. The Morgan fingerprint density at radius 2 is 2.27 bits per heavy atom. The maximum Gasteiger partial charge on any atom is 0.131 e. The predicted octanol–water partition coefficient (Wildman–Crippen LogP) is 1.59. The second kappa shape index (κ2) is 6.23. The molecule has 2 atom stereocenters. The van der Waals surface area contributed by atoms with Crippen LogP contribution in [-0.4, -0.2) is 41.0 Å². The Morgan fingerprint density at radius 1 is 1.53 bits per heavy atom. The number of β-amino-alcohol motifs (C(OH)–C–C–N with tert-alkyl or cyclic N) is 1. The molecular weight excluding hydrogens is 190 g/mol. The van der Waals surface area contributed by atoms with Crippen LogP contribution in [0.25, 0.3) is 0 Å². The molecule has 3 nitrogen and oxygen atoms in total. The van der Waals surface area contributed by atoms with Crippen LogP contribution in [0.15, 0.2) is 0 Å². The molecule has 0 aromatic heterocycles. The van der Waals surface area contributed by atoms with Gasteiger partial charge in [0.25, 0.3) is 0 Å². The van der Waals surface area contributed by atoms with Crippen LogP contribution in [0, 0.1) is 0 Å². The van der Waals surface area contributed by atoms with Crippen LogP contribution in [-0.2, 0) is 4.79 Å². The van der Waals surface area contributed by atoms with Crippen molar-refractivity contribution in [2.45, 2.75) is 58.1 Å². The van der Waals surface area contributed by atoms with Gasteiger partial charge in [-0.3, -0.25) is 9.69 Å². The summed E-state index contributed by atoms with van der Waals surface area (Å²) in [5, 5.41) is 9.64. The van der Waals surface area contributed by atoms with Gasteiger partial charge in [-0.05, 0) is 32.7 Å². The van der Waals surface area contributed by atoms with Crippen molar-refractivity contribution < 1.29 is 9.90 Å². The molecule has 15 heavy (non-hydrogen) atoms. The van der Waals surface area contributed by atoms with Crippen molar-refractivity contribution >= 4 is 5.78 Å². The van der Waals surface area contributed by atoms with Gasteiger partial charge in [0.1, 0.15) is 5.78 Å². The smallest absolute Gasteiger partial charge is 0.131 e. The number of carbonyl (C=O) groups is 1. The number of nitrogens with zero attached hydrogens (tertiary/aromatic N) is 1. The van der Waals surface area contributed by atoms with E-state index in [-0.39, 0.29) is 11.9 Å². The van der Waals surface area contributed by atoms with Gasteiger partial charge in [-0.25, -0.2) is 0 Å². The van der Waals surface area contributed by atoms with Crippen molar-refractivity contribution in [3.63, 3.8) is 0 Å². The Balaban J connectivity index is 2.45. The number of hydrogen-bond acceptors (Lipinski definition) is 3. The summed E-state index contributed by atoms with van der Waals surface area (Å²) in [6, 6.07) is 0.373. The van der Waals surface area contributed by atoms with Gasteiger partial charge in [0, 0.05) is 19.0 Å². The summed E-state index contributed by atoms with van der Waals surface area (Å²) >= 11 is 0. The monoisotopic (exact) mass is 213 g/mol. The van der Waals surface area contributed by atoms with Crippen LogP contribution >= 0.6 is 0 Å². The molecule has 0 saturated carbocycles. The van der Waals surface area contributed by atoms with Gasteiger partial charge < -0.3 is 5.11 Å². The molecule has 1 aliphatic heterocycles. The Morgan fingerprint density at radius 3 is 2.87 bits per heavy atom. The Bertz CT molecular complexity index is 206. The molecule has 0 spiro atoms. The zero-order chi connectivity index (χ0) is 11.3. The molecular formula is C12H23NO2. The maximum atomic E-state index is 11.1. The van der Waals surface area contributed by atoms with Gasteiger partial charge in [-0.1, -0.05) is 13.3 Å². The highest BCUT2D eigenvalue weighted by molar-refractivity contribution is 5.76. The minimum atomic E-state index is -0.238. The van der Waals surface area contributed by atoms with Crippen molar-refractivity contribution in [3.05, 3.63) is 0 Å². The molecule has 1 heterocycles. The normalized spacial score (nSPS) is 25.1. The number of carbonyl (C=O) groups excluding carboxylic acids is 1. The highest BCUT2D eigenvalue weighted by Crippen LogP contribution is 2.20. The summed E-state index contributed by atoms with van der Waals surface area (Å²) in [5.74, 6) is 0.262. The van der Waals surface area contributed by atoms with Crippen LogP contribution in [0.5, 0.6) is 0 Å². The van der Waals surface area contributed by atoms with Gasteiger partial charge in [-0.2, -0.15) is 0 Å². The zero-order valence-electron chi connectivity index (χ0n) is 9.91. The van der Waals surface area contributed by atoms with Crippen molar-refractivity contribution in [1.29, 1.82) is 0 Å². The highest BCUT2D eigenvalue weighted by atomic mass is 16.3. The van der Waals surface area contributed by atoms with Gasteiger partial charge in [-0.15, -0.1) is 0 Å². The van der Waals surface area contributed by atoms with Gasteiger partial charge in [0.2, 0.25) is 0 Å². The quantitative estimate of drug-likeness (QED) is 0.754. The number of Topliss-reactive ketones (excluding diaryl/α,β-unsaturated/α-hetero) is 1. The van der Waals surface area contributed by atoms with Crippen molar-refractivity contribution in [3.8, 4) is 0 Å². The topological polar surface area (TPSA) is 40.5 Å². The van der Waals surface area contributed by atoms with E-state index >= 15 is 0 Å². The van der Waals surface area contributed by atoms with Gasteiger partial charge >= 0.3 is 0 Å². The van der Waals surface area contributed by atoms with Crippen molar-refractivity contribution in [1.82, 2.24) is 4.90 Å². The van der Waals surface area contributed by atoms with Crippen LogP contribution in [0.4, 0.5) is 0 Å². The standard InChI is InChI=1S/C12H23NO2/c1-3-12(15)9-13-7-5-4-6-11(13)8-10(2)14/h11-12,15H,3-9H2,1-2H3. The summed E-state index contributed by atoms with van der Waals surface area (Å²) in [6.07, 6.45) is 4.73. The number of piperidine rings is 1. The Labute approximate surface area is 92.5 Å². The lowest BCUT2D eigenvalue weighted by Gasteiger charge is -2.36. The lowest BCUT2D eigenvalue weighted by molar-refractivity contribution is -0.118. The molecule has 0 aromatic carbocycles. The first-order chi connectivity index (χ1) is 7.13. The third-order valence-corrected chi connectivity index (χ3v) is 3.19. The third-order valence-electron chi connectivity index (χ3n) is 3.19. The SMILES string of the molecule is CCC(O)CN1CCCCC1CC(C)=O. The van der Waals surface area contributed by atoms with Gasteiger partial charge in [0.05, 0.1) is 6.10 Å². The fourth-order valence-corrected chi connectivity index (χ4v) is 2.26. The largest absolute Gasteiger partial charge is 0.392 e. The summed E-state index contributed by atoms with van der Waals surface area (Å²) in [6.45, 7) is 5.42. The van der Waals surface area contributed by atoms with E-state index in [1.54, 1.807) is 6.92 Å². The second-order valence-corrected chi connectivity index (χ2v) is 4.61. The fraction of sp³-hybridized carbons (Fsp3) is 0.917. The Hall–Kier alpha value is -0.410. The van der Waals surface area contributed by atoms with E-state index in [2.05, 4.69) is 4.90 Å². The number of aliphatic hydroxyl groups excluding tert-OH is 1. The number of aliphatic hydroxyl groups is 1. The van der Waals surface area contributed by atoms with Crippen LogP contribution in [0.1, 0.15) is 46.0 Å². The average molecular weight is 213 g/mol. The summed E-state index contributed by atoms with van der Waals surface area (Å²) in [4.78, 5) is 13.4. The molecule has 1 aliphatic rings. The maximum absolute atomic E-state index is 11.1. The highest BCUT2D eigenvalue weighted by Gasteiger charge is 2.24.